The van der Waals surface area contributed by atoms with Crippen molar-refractivity contribution in [2.24, 2.45) is 0 Å². The monoisotopic (exact) mass is 800 g/mol. The molecule has 12 rings (SSSR count). The maximum atomic E-state index is 2.72. The van der Waals surface area contributed by atoms with Crippen LogP contribution in [0.15, 0.2) is 152 Å². The van der Waals surface area contributed by atoms with Crippen molar-refractivity contribution in [1.82, 2.24) is 0 Å². The first kappa shape index (κ1) is 37.4. The average Bonchev–Trinajstić information content (AvgIpc) is 3.27. The minimum absolute atomic E-state index is 0.0520. The van der Waals surface area contributed by atoms with Gasteiger partial charge in [-0.3, -0.25) is 0 Å². The molecule has 62 heavy (non-hydrogen) atoms. The van der Waals surface area contributed by atoms with Gasteiger partial charge in [-0.05, 0) is 163 Å². The summed E-state index contributed by atoms with van der Waals surface area (Å²) in [6.07, 6.45) is 2.34. The van der Waals surface area contributed by atoms with Crippen LogP contribution in [0.5, 0.6) is 0 Å². The largest absolute Gasteiger partial charge is 0.376 e. The lowest BCUT2D eigenvalue weighted by Gasteiger charge is -2.51. The average molecular weight is 801 g/mol. The maximum Gasteiger partial charge on any atom is 0.333 e. The second-order valence-electron chi connectivity index (χ2n) is 20.5. The van der Waals surface area contributed by atoms with Crippen molar-refractivity contribution in [2.45, 2.75) is 84.5 Å². The van der Waals surface area contributed by atoms with Gasteiger partial charge >= 0.3 is 6.85 Å². The molecule has 3 heterocycles. The molecule has 8 aromatic carbocycles. The van der Waals surface area contributed by atoms with Gasteiger partial charge in [0.25, 0.3) is 0 Å². The summed E-state index contributed by atoms with van der Waals surface area (Å²) >= 11 is 0. The molecule has 4 aliphatic rings. The van der Waals surface area contributed by atoms with Gasteiger partial charge in [-0.15, -0.1) is 0 Å². The smallest absolute Gasteiger partial charge is 0.333 e. The summed E-state index contributed by atoms with van der Waals surface area (Å²) in [5.74, 6) is 0. The van der Waals surface area contributed by atoms with Crippen LogP contribution >= 0.6 is 0 Å². The molecular weight excluding hydrogens is 747 g/mol. The molecule has 0 fully saturated rings. The van der Waals surface area contributed by atoms with Crippen LogP contribution in [0.2, 0.25) is 0 Å². The fourth-order valence-electron chi connectivity index (χ4n) is 12.2. The van der Waals surface area contributed by atoms with E-state index >= 15 is 0 Å². The summed E-state index contributed by atoms with van der Waals surface area (Å²) in [5.41, 5.74) is 25.2. The number of hydrogen-bond acceptors (Lipinski definition) is 2. The highest BCUT2D eigenvalue weighted by Crippen LogP contribution is 2.58. The SMILES string of the molecule is Cc1cccc(C)c1-c1cc2c3c(c1)N1c4ccc5ccccc5c4C(C)(C)c4cccc(c41)B3N(c1ccc(-c3ccccc3)cc1)c1cc3c(cc1-2)C(C)(C)CCC3(C)C. The fraction of sp³-hybridized carbons (Fsp3) is 0.220. The van der Waals surface area contributed by atoms with Gasteiger partial charge < -0.3 is 9.71 Å². The Morgan fingerprint density at radius 1 is 0.500 bits per heavy atom. The number of fused-ring (bicyclic) bond motifs is 9. The highest BCUT2D eigenvalue weighted by atomic mass is 15.2. The Kier molecular flexibility index (Phi) is 7.77. The standard InChI is InChI=1S/C59H53BN2/c1-36-16-14-17-37(2)53(36)41-32-45-44-34-47-48(58(5,6)31-30-57(47,3)4)35-51(44)62(42-27-24-39(25-28-42)38-18-10-9-11-19-38)60-49-23-15-22-46-56(49)61(52(33-41)55(45)60)50-29-26-40-20-12-13-21-43(40)54(50)59(46,7)8/h9-29,32-35H,30-31H2,1-8H3. The van der Waals surface area contributed by atoms with Crippen molar-refractivity contribution in [3.63, 3.8) is 0 Å². The van der Waals surface area contributed by atoms with E-state index in [1.54, 1.807) is 0 Å². The lowest BCUT2D eigenvalue weighted by atomic mass is 9.42. The van der Waals surface area contributed by atoms with Crippen molar-refractivity contribution in [1.29, 1.82) is 0 Å². The van der Waals surface area contributed by atoms with E-state index in [1.165, 1.54) is 130 Å². The highest BCUT2D eigenvalue weighted by Gasteiger charge is 2.51. The van der Waals surface area contributed by atoms with Crippen LogP contribution < -0.4 is 20.6 Å². The Hall–Kier alpha value is -6.32. The Balaban J connectivity index is 1.23. The van der Waals surface area contributed by atoms with Crippen LogP contribution in [0, 0.1) is 13.8 Å². The van der Waals surface area contributed by atoms with E-state index in [2.05, 4.69) is 217 Å². The third kappa shape index (κ3) is 5.11. The molecule has 0 bridgehead atoms. The molecular formula is C59H53BN2. The lowest BCUT2D eigenvalue weighted by Crippen LogP contribution is -2.62. The number of benzene rings is 8. The Labute approximate surface area is 368 Å². The number of nitrogens with zero attached hydrogens (tertiary/aromatic N) is 2. The summed E-state index contributed by atoms with van der Waals surface area (Å²) in [6, 6.07) is 58.3. The molecule has 3 aliphatic heterocycles. The number of hydrogen-bond donors (Lipinski definition) is 0. The minimum Gasteiger partial charge on any atom is -0.376 e. The molecule has 302 valence electrons. The second kappa shape index (κ2) is 12.9. The summed E-state index contributed by atoms with van der Waals surface area (Å²) in [6.45, 7) is 19.3. The van der Waals surface area contributed by atoms with Crippen LogP contribution in [-0.4, -0.2) is 6.85 Å². The summed E-state index contributed by atoms with van der Waals surface area (Å²) in [4.78, 5) is 5.40. The Morgan fingerprint density at radius 2 is 1.16 bits per heavy atom. The zero-order chi connectivity index (χ0) is 42.4. The van der Waals surface area contributed by atoms with Crippen LogP contribution in [0.1, 0.15) is 87.8 Å². The first-order valence-corrected chi connectivity index (χ1v) is 22.7. The predicted molar refractivity (Wildman–Crippen MR) is 265 cm³/mol. The molecule has 0 spiro atoms. The molecule has 1 aliphatic carbocycles. The normalized spacial score (nSPS) is 16.9. The molecule has 0 saturated heterocycles. The topological polar surface area (TPSA) is 6.48 Å². The summed E-state index contributed by atoms with van der Waals surface area (Å²) in [7, 11) is 0. The van der Waals surface area contributed by atoms with Gasteiger partial charge in [0.1, 0.15) is 0 Å². The molecule has 0 saturated carbocycles. The van der Waals surface area contributed by atoms with Gasteiger partial charge in [0.15, 0.2) is 0 Å². The first-order valence-electron chi connectivity index (χ1n) is 22.7. The molecule has 0 radical (unpaired) electrons. The number of rotatable bonds is 3. The molecule has 0 aromatic heterocycles. The molecule has 2 nitrogen and oxygen atoms in total. The van der Waals surface area contributed by atoms with E-state index < -0.39 is 0 Å². The quantitative estimate of drug-likeness (QED) is 0.164. The Morgan fingerprint density at radius 3 is 1.90 bits per heavy atom. The van der Waals surface area contributed by atoms with Crippen molar-refractivity contribution in [3.05, 3.63) is 185 Å². The van der Waals surface area contributed by atoms with Gasteiger partial charge in [0.05, 0.1) is 5.69 Å². The molecule has 8 aromatic rings. The predicted octanol–water partition coefficient (Wildman–Crippen LogP) is 14.5. The first-order chi connectivity index (χ1) is 29.8. The molecule has 0 N–H and O–H groups in total. The van der Waals surface area contributed by atoms with Crippen LogP contribution in [-0.2, 0) is 16.2 Å². The van der Waals surface area contributed by atoms with E-state index in [9.17, 15) is 0 Å². The van der Waals surface area contributed by atoms with E-state index in [-0.39, 0.29) is 23.1 Å². The second-order valence-corrected chi connectivity index (χ2v) is 20.5. The molecule has 0 amide bonds. The molecule has 0 atom stereocenters. The summed E-state index contributed by atoms with van der Waals surface area (Å²) < 4.78 is 0. The lowest BCUT2D eigenvalue weighted by molar-refractivity contribution is 0.332. The van der Waals surface area contributed by atoms with E-state index in [0.717, 1.165) is 0 Å². The van der Waals surface area contributed by atoms with E-state index in [4.69, 9.17) is 0 Å². The molecule has 3 heteroatoms. The number of para-hydroxylation sites is 1. The molecule has 0 unspecified atom stereocenters. The minimum atomic E-state index is -0.244. The van der Waals surface area contributed by atoms with Crippen molar-refractivity contribution < 1.29 is 0 Å². The van der Waals surface area contributed by atoms with Gasteiger partial charge in [0, 0.05) is 33.7 Å². The fourth-order valence-corrected chi connectivity index (χ4v) is 12.2. The van der Waals surface area contributed by atoms with Crippen LogP contribution in [0.25, 0.3) is 44.2 Å². The third-order valence-corrected chi connectivity index (χ3v) is 15.5. The zero-order valence-corrected chi connectivity index (χ0v) is 37.3. The summed E-state index contributed by atoms with van der Waals surface area (Å²) in [5, 5.41) is 2.62. The van der Waals surface area contributed by atoms with Gasteiger partial charge in [-0.25, -0.2) is 0 Å². The van der Waals surface area contributed by atoms with Crippen LogP contribution in [0.3, 0.4) is 0 Å². The third-order valence-electron chi connectivity index (χ3n) is 15.5. The zero-order valence-electron chi connectivity index (χ0n) is 37.3. The van der Waals surface area contributed by atoms with Crippen LogP contribution in [0.4, 0.5) is 28.4 Å². The van der Waals surface area contributed by atoms with Gasteiger partial charge in [-0.1, -0.05) is 151 Å². The van der Waals surface area contributed by atoms with E-state index in [0.29, 0.717) is 0 Å². The van der Waals surface area contributed by atoms with Gasteiger partial charge in [0.2, 0.25) is 0 Å². The van der Waals surface area contributed by atoms with Gasteiger partial charge in [-0.2, -0.15) is 0 Å². The maximum absolute atomic E-state index is 2.72. The van der Waals surface area contributed by atoms with Crippen molar-refractivity contribution in [3.8, 4) is 33.4 Å². The Bertz CT molecular complexity index is 3170. The number of anilines is 5. The van der Waals surface area contributed by atoms with Crippen molar-refractivity contribution in [2.75, 3.05) is 9.71 Å². The number of aryl methyl sites for hydroxylation is 2. The highest BCUT2D eigenvalue weighted by molar-refractivity contribution is 6.93. The van der Waals surface area contributed by atoms with E-state index in [1.807, 2.05) is 0 Å². The van der Waals surface area contributed by atoms with Crippen molar-refractivity contribution >= 4 is 57.0 Å².